The van der Waals surface area contributed by atoms with Crippen LogP contribution in [0.15, 0.2) is 54.6 Å². The van der Waals surface area contributed by atoms with Crippen molar-refractivity contribution in [2.45, 2.75) is 45.1 Å². The number of fused-ring (bicyclic) bond motifs is 2. The van der Waals surface area contributed by atoms with Crippen molar-refractivity contribution in [1.82, 2.24) is 5.32 Å². The molecule has 2 aromatic carbocycles. The van der Waals surface area contributed by atoms with Gasteiger partial charge in [0.1, 0.15) is 5.78 Å². The number of benzene rings is 2. The van der Waals surface area contributed by atoms with E-state index in [2.05, 4.69) is 48.6 Å². The molecular formula is C24H27NO2. The summed E-state index contributed by atoms with van der Waals surface area (Å²) in [4.78, 5) is 25.5. The molecular weight excluding hydrogens is 334 g/mol. The van der Waals surface area contributed by atoms with E-state index in [0.29, 0.717) is 5.78 Å². The first-order chi connectivity index (χ1) is 13.1. The Kier molecular flexibility index (Phi) is 5.11. The molecule has 1 amide bonds. The summed E-state index contributed by atoms with van der Waals surface area (Å²) in [5.74, 6) is 0.650. The van der Waals surface area contributed by atoms with Gasteiger partial charge in [-0.2, -0.15) is 0 Å². The van der Waals surface area contributed by atoms with Gasteiger partial charge in [0.15, 0.2) is 0 Å². The lowest BCUT2D eigenvalue weighted by Crippen LogP contribution is -2.43. The lowest BCUT2D eigenvalue weighted by atomic mass is 9.67. The smallest absolute Gasteiger partial charge is 0.223 e. The third-order valence-corrected chi connectivity index (χ3v) is 6.25. The summed E-state index contributed by atoms with van der Waals surface area (Å²) in [5.41, 5.74) is 3.38. The second-order valence-corrected chi connectivity index (χ2v) is 8.16. The number of ketones is 1. The van der Waals surface area contributed by atoms with Crippen LogP contribution in [0.1, 0.15) is 54.8 Å². The predicted molar refractivity (Wildman–Crippen MR) is 106 cm³/mol. The van der Waals surface area contributed by atoms with Crippen molar-refractivity contribution in [3.63, 3.8) is 0 Å². The molecule has 27 heavy (non-hydrogen) atoms. The summed E-state index contributed by atoms with van der Waals surface area (Å²) in [7, 11) is 0. The topological polar surface area (TPSA) is 46.2 Å². The van der Waals surface area contributed by atoms with E-state index in [1.165, 1.54) is 5.56 Å². The number of rotatable bonds is 4. The maximum atomic E-state index is 13.1. The highest BCUT2D eigenvalue weighted by Gasteiger charge is 2.41. The molecule has 3 nitrogen and oxygen atoms in total. The van der Waals surface area contributed by atoms with E-state index < -0.39 is 0 Å². The number of hydrogen-bond donors (Lipinski definition) is 1. The van der Waals surface area contributed by atoms with Gasteiger partial charge in [-0.05, 0) is 43.7 Å². The molecule has 4 rings (SSSR count). The van der Waals surface area contributed by atoms with Crippen molar-refractivity contribution in [2.75, 3.05) is 0 Å². The standard InChI is InChI=1S/C24H27NO2/c1-16-10-12-18(13-11-16)22(17-6-3-2-4-7-17)25-24(27)21-14-19-8-5-9-20(15-21)23(19)26/h2-4,6-7,10-13,19-22H,5,8-9,14-15H2,1H3,(H,25,27). The lowest BCUT2D eigenvalue weighted by Gasteiger charge is -2.37. The van der Waals surface area contributed by atoms with E-state index >= 15 is 0 Å². The Balaban J connectivity index is 1.55. The highest BCUT2D eigenvalue weighted by Crippen LogP contribution is 2.40. The Morgan fingerprint density at radius 1 is 0.926 bits per heavy atom. The molecule has 2 saturated carbocycles. The van der Waals surface area contributed by atoms with Crippen molar-refractivity contribution in [2.24, 2.45) is 17.8 Å². The fourth-order valence-electron chi connectivity index (χ4n) is 4.72. The highest BCUT2D eigenvalue weighted by molar-refractivity contribution is 5.88. The SMILES string of the molecule is Cc1ccc(C(NC(=O)C2CC3CCCC(C2)C3=O)c2ccccc2)cc1. The number of amides is 1. The van der Waals surface area contributed by atoms with Crippen LogP contribution in [-0.2, 0) is 9.59 Å². The average Bonchev–Trinajstić information content (AvgIpc) is 2.67. The van der Waals surface area contributed by atoms with Crippen molar-refractivity contribution in [3.05, 3.63) is 71.3 Å². The van der Waals surface area contributed by atoms with Crippen molar-refractivity contribution in [3.8, 4) is 0 Å². The fraction of sp³-hybridized carbons (Fsp3) is 0.417. The van der Waals surface area contributed by atoms with Crippen LogP contribution in [-0.4, -0.2) is 11.7 Å². The van der Waals surface area contributed by atoms with Gasteiger partial charge in [0.05, 0.1) is 6.04 Å². The van der Waals surface area contributed by atoms with Crippen molar-refractivity contribution < 1.29 is 9.59 Å². The second-order valence-electron chi connectivity index (χ2n) is 8.16. The van der Waals surface area contributed by atoms with Crippen LogP contribution >= 0.6 is 0 Å². The predicted octanol–water partition coefficient (Wildman–Crippen LogP) is 4.60. The third-order valence-electron chi connectivity index (χ3n) is 6.25. The Labute approximate surface area is 161 Å². The number of carbonyl (C=O) groups excluding carboxylic acids is 2. The van der Waals surface area contributed by atoms with Gasteiger partial charge in [0.2, 0.25) is 5.91 Å². The molecule has 0 spiro atoms. The molecule has 0 aromatic heterocycles. The summed E-state index contributed by atoms with van der Waals surface area (Å²) in [6, 6.07) is 18.3. The average molecular weight is 361 g/mol. The van der Waals surface area contributed by atoms with Crippen LogP contribution in [0, 0.1) is 24.7 Å². The fourth-order valence-corrected chi connectivity index (χ4v) is 4.72. The molecule has 2 aliphatic carbocycles. The Bertz CT molecular complexity index is 796. The molecule has 2 aliphatic rings. The van der Waals surface area contributed by atoms with Gasteiger partial charge in [-0.25, -0.2) is 0 Å². The molecule has 0 heterocycles. The van der Waals surface area contributed by atoms with Gasteiger partial charge in [-0.15, -0.1) is 0 Å². The van der Waals surface area contributed by atoms with Gasteiger partial charge in [-0.1, -0.05) is 66.6 Å². The number of hydrogen-bond acceptors (Lipinski definition) is 2. The summed E-state index contributed by atoms with van der Waals surface area (Å²) >= 11 is 0. The van der Waals surface area contributed by atoms with Crippen LogP contribution in [0.25, 0.3) is 0 Å². The summed E-state index contributed by atoms with van der Waals surface area (Å²) in [5, 5.41) is 3.29. The van der Waals surface area contributed by atoms with E-state index in [9.17, 15) is 9.59 Å². The number of Topliss-reactive ketones (excluding diaryl/α,β-unsaturated/α-hetero) is 1. The van der Waals surface area contributed by atoms with E-state index in [1.54, 1.807) is 0 Å². The van der Waals surface area contributed by atoms with Crippen LogP contribution in [0.2, 0.25) is 0 Å². The molecule has 0 radical (unpaired) electrons. The second kappa shape index (κ2) is 7.67. The largest absolute Gasteiger partial charge is 0.345 e. The van der Waals surface area contributed by atoms with Gasteiger partial charge < -0.3 is 5.32 Å². The summed E-state index contributed by atoms with van der Waals surface area (Å²) < 4.78 is 0. The molecule has 0 saturated heterocycles. The maximum Gasteiger partial charge on any atom is 0.223 e. The van der Waals surface area contributed by atoms with Crippen LogP contribution in [0.3, 0.4) is 0 Å². The lowest BCUT2D eigenvalue weighted by molar-refractivity contribution is -0.137. The first-order valence-corrected chi connectivity index (χ1v) is 10.1. The van der Waals surface area contributed by atoms with E-state index in [0.717, 1.165) is 43.2 Å². The van der Waals surface area contributed by atoms with Crippen molar-refractivity contribution >= 4 is 11.7 Å². The Morgan fingerprint density at radius 2 is 1.52 bits per heavy atom. The molecule has 140 valence electrons. The molecule has 2 fully saturated rings. The molecule has 2 aromatic rings. The minimum Gasteiger partial charge on any atom is -0.345 e. The third kappa shape index (κ3) is 3.83. The van der Waals surface area contributed by atoms with Crippen LogP contribution in [0.4, 0.5) is 0 Å². The minimum absolute atomic E-state index is 0.0466. The zero-order chi connectivity index (χ0) is 18.8. The Morgan fingerprint density at radius 3 is 2.15 bits per heavy atom. The Hall–Kier alpha value is -2.42. The quantitative estimate of drug-likeness (QED) is 0.865. The monoisotopic (exact) mass is 361 g/mol. The minimum atomic E-state index is -0.156. The van der Waals surface area contributed by atoms with E-state index in [1.807, 2.05) is 18.2 Å². The highest BCUT2D eigenvalue weighted by atomic mass is 16.2. The molecule has 1 N–H and O–H groups in total. The zero-order valence-electron chi connectivity index (χ0n) is 15.9. The summed E-state index contributed by atoms with van der Waals surface area (Å²) in [6.45, 7) is 2.07. The molecule has 3 heteroatoms. The molecule has 2 bridgehead atoms. The molecule has 0 aliphatic heterocycles. The number of aryl methyl sites for hydroxylation is 1. The normalized spacial score (nSPS) is 25.7. The van der Waals surface area contributed by atoms with E-state index in [4.69, 9.17) is 0 Å². The number of nitrogens with one attached hydrogen (secondary N) is 1. The van der Waals surface area contributed by atoms with Gasteiger partial charge in [-0.3, -0.25) is 9.59 Å². The van der Waals surface area contributed by atoms with Crippen LogP contribution in [0.5, 0.6) is 0 Å². The van der Waals surface area contributed by atoms with Gasteiger partial charge in [0.25, 0.3) is 0 Å². The maximum absolute atomic E-state index is 13.1. The van der Waals surface area contributed by atoms with Gasteiger partial charge >= 0.3 is 0 Å². The van der Waals surface area contributed by atoms with Gasteiger partial charge in [0, 0.05) is 17.8 Å². The van der Waals surface area contributed by atoms with E-state index in [-0.39, 0.29) is 29.7 Å². The van der Waals surface area contributed by atoms with Crippen molar-refractivity contribution in [1.29, 1.82) is 0 Å². The summed E-state index contributed by atoms with van der Waals surface area (Å²) in [6.07, 6.45) is 4.48. The molecule has 3 unspecified atom stereocenters. The first-order valence-electron chi connectivity index (χ1n) is 10.1. The van der Waals surface area contributed by atoms with Crippen LogP contribution < -0.4 is 5.32 Å². The molecule has 3 atom stereocenters. The zero-order valence-corrected chi connectivity index (χ0v) is 15.9. The number of carbonyl (C=O) groups is 2. The first kappa shape index (κ1) is 18.0.